The van der Waals surface area contributed by atoms with Crippen molar-refractivity contribution in [3.63, 3.8) is 0 Å². The van der Waals surface area contributed by atoms with Crippen LogP contribution in [0.25, 0.3) is 22.0 Å². The van der Waals surface area contributed by atoms with E-state index in [1.54, 1.807) is 0 Å². The predicted octanol–water partition coefficient (Wildman–Crippen LogP) is 4.53. The molecule has 0 aliphatic carbocycles. The predicted molar refractivity (Wildman–Crippen MR) is 101 cm³/mol. The average Bonchev–Trinajstić information content (AvgIpc) is 2.63. The van der Waals surface area contributed by atoms with Gasteiger partial charge in [-0.05, 0) is 37.1 Å². The Morgan fingerprint density at radius 1 is 0.609 bits per heavy atom. The molecule has 0 amide bonds. The molecular weight excluding hydrogens is 297 g/mol. The van der Waals surface area contributed by atoms with Crippen molar-refractivity contribution in [3.8, 4) is 11.1 Å². The minimum Gasteiger partial charge on any atom is -0.248 e. The summed E-state index contributed by atoms with van der Waals surface area (Å²) < 4.78 is 0. The number of benzene rings is 3. The number of fused-ring (bicyclic) bond motifs is 1. The van der Waals surface area contributed by atoms with Crippen LogP contribution in [0.15, 0.2) is 91.0 Å². The van der Waals surface area contributed by atoms with Gasteiger partial charge in [0.2, 0.25) is 0 Å². The zero-order chi connectivity index (χ0) is 15.5. The van der Waals surface area contributed by atoms with Crippen LogP contribution in [0.1, 0.15) is 0 Å². The summed E-state index contributed by atoms with van der Waals surface area (Å²) in [5.74, 6) is 0. The van der Waals surface area contributed by atoms with E-state index >= 15 is 0 Å². The largest absolute Gasteiger partial charge is 0.248 e. The molecule has 1 nitrogen and oxygen atoms in total. The van der Waals surface area contributed by atoms with Crippen molar-refractivity contribution in [1.29, 1.82) is 0 Å². The van der Waals surface area contributed by atoms with Crippen molar-refractivity contribution in [3.05, 3.63) is 91.0 Å². The number of rotatable bonds is 3. The fourth-order valence-corrected chi connectivity index (χ4v) is 3.90. The van der Waals surface area contributed by atoms with Gasteiger partial charge in [-0.1, -0.05) is 78.9 Å². The summed E-state index contributed by atoms with van der Waals surface area (Å²) in [4.78, 5) is 4.82. The second-order valence-corrected chi connectivity index (χ2v) is 6.73. The van der Waals surface area contributed by atoms with Gasteiger partial charge in [-0.3, -0.25) is 0 Å². The molecule has 4 rings (SSSR count). The SMILES string of the molecule is c1ccc(-c2ccccc2Pc2ccc3ccccc3n2)cc1. The standard InChI is InChI=1S/C21H16NP/c1-2-8-16(9-3-1)18-11-5-7-13-20(18)23-21-15-14-17-10-4-6-12-19(17)22-21/h1-15,23H. The van der Waals surface area contributed by atoms with Gasteiger partial charge in [-0.2, -0.15) is 0 Å². The summed E-state index contributed by atoms with van der Waals surface area (Å²) in [6, 6.07) is 31.7. The number of aromatic nitrogens is 1. The Bertz CT molecular complexity index is 948. The quantitative estimate of drug-likeness (QED) is 0.506. The van der Waals surface area contributed by atoms with Gasteiger partial charge in [0.15, 0.2) is 0 Å². The van der Waals surface area contributed by atoms with E-state index in [0.717, 1.165) is 11.0 Å². The van der Waals surface area contributed by atoms with Gasteiger partial charge in [-0.25, -0.2) is 4.98 Å². The topological polar surface area (TPSA) is 12.9 Å². The summed E-state index contributed by atoms with van der Waals surface area (Å²) in [5.41, 5.74) is 4.75. The lowest BCUT2D eigenvalue weighted by atomic mass is 10.1. The van der Waals surface area contributed by atoms with Crippen molar-refractivity contribution in [2.24, 2.45) is 0 Å². The lowest BCUT2D eigenvalue weighted by Crippen LogP contribution is -2.09. The summed E-state index contributed by atoms with van der Waals surface area (Å²) >= 11 is 0. The fraction of sp³-hybridized carbons (Fsp3) is 0. The number of hydrogen-bond donors (Lipinski definition) is 0. The average molecular weight is 313 g/mol. The van der Waals surface area contributed by atoms with Crippen molar-refractivity contribution in [1.82, 2.24) is 4.98 Å². The van der Waals surface area contributed by atoms with Gasteiger partial charge in [0.1, 0.15) is 0 Å². The maximum absolute atomic E-state index is 4.82. The van der Waals surface area contributed by atoms with Gasteiger partial charge in [-0.15, -0.1) is 0 Å². The molecule has 1 heterocycles. The van der Waals surface area contributed by atoms with E-state index in [4.69, 9.17) is 4.98 Å². The molecule has 0 fully saturated rings. The van der Waals surface area contributed by atoms with Crippen LogP contribution in [0.5, 0.6) is 0 Å². The summed E-state index contributed by atoms with van der Waals surface area (Å²) in [7, 11) is 0.553. The first-order valence-corrected chi connectivity index (χ1v) is 8.67. The van der Waals surface area contributed by atoms with Gasteiger partial charge < -0.3 is 0 Å². The Labute approximate surface area is 137 Å². The molecule has 0 N–H and O–H groups in total. The molecule has 0 aliphatic heterocycles. The van der Waals surface area contributed by atoms with Gasteiger partial charge >= 0.3 is 0 Å². The van der Waals surface area contributed by atoms with Crippen molar-refractivity contribution in [2.45, 2.75) is 0 Å². The number of hydrogen-bond acceptors (Lipinski definition) is 1. The van der Waals surface area contributed by atoms with Crippen LogP contribution in [0, 0.1) is 0 Å². The van der Waals surface area contributed by atoms with Crippen LogP contribution in [-0.4, -0.2) is 4.98 Å². The smallest absolute Gasteiger partial charge is 0.0709 e. The fourth-order valence-electron chi connectivity index (χ4n) is 2.74. The highest BCUT2D eigenvalue weighted by atomic mass is 31.1. The van der Waals surface area contributed by atoms with Gasteiger partial charge in [0.25, 0.3) is 0 Å². The molecule has 0 saturated heterocycles. The molecule has 3 aromatic carbocycles. The molecule has 0 aliphatic rings. The summed E-state index contributed by atoms with van der Waals surface area (Å²) in [5, 5.41) is 2.53. The van der Waals surface area contributed by atoms with E-state index in [1.807, 2.05) is 6.07 Å². The number of para-hydroxylation sites is 1. The number of nitrogens with zero attached hydrogens (tertiary/aromatic N) is 1. The van der Waals surface area contributed by atoms with Crippen molar-refractivity contribution in [2.75, 3.05) is 0 Å². The Morgan fingerprint density at radius 3 is 2.26 bits per heavy atom. The van der Waals surface area contributed by atoms with Crippen LogP contribution < -0.4 is 10.7 Å². The molecule has 1 unspecified atom stereocenters. The summed E-state index contributed by atoms with van der Waals surface area (Å²) in [6.45, 7) is 0. The van der Waals surface area contributed by atoms with Crippen LogP contribution >= 0.6 is 8.58 Å². The first kappa shape index (κ1) is 14.1. The van der Waals surface area contributed by atoms with Crippen LogP contribution in [0.2, 0.25) is 0 Å². The number of pyridine rings is 1. The zero-order valence-corrected chi connectivity index (χ0v) is 13.6. The van der Waals surface area contributed by atoms with Crippen molar-refractivity contribution < 1.29 is 0 Å². The third-order valence-electron chi connectivity index (χ3n) is 3.87. The maximum atomic E-state index is 4.82. The highest BCUT2D eigenvalue weighted by molar-refractivity contribution is 7.55. The van der Waals surface area contributed by atoms with E-state index < -0.39 is 0 Å². The second kappa shape index (κ2) is 6.32. The molecular formula is C21H16NP. The van der Waals surface area contributed by atoms with E-state index in [2.05, 4.69) is 84.9 Å². The minimum absolute atomic E-state index is 0.553. The molecule has 4 aromatic rings. The van der Waals surface area contributed by atoms with E-state index in [1.165, 1.54) is 21.8 Å². The maximum Gasteiger partial charge on any atom is 0.0709 e. The van der Waals surface area contributed by atoms with Crippen LogP contribution in [0.3, 0.4) is 0 Å². The third-order valence-corrected chi connectivity index (χ3v) is 5.11. The minimum atomic E-state index is 0.553. The highest BCUT2D eigenvalue weighted by Crippen LogP contribution is 2.23. The van der Waals surface area contributed by atoms with Crippen molar-refractivity contribution >= 4 is 30.2 Å². The lowest BCUT2D eigenvalue weighted by Gasteiger charge is -2.10. The Morgan fingerprint density at radius 2 is 1.35 bits per heavy atom. The molecule has 1 aromatic heterocycles. The highest BCUT2D eigenvalue weighted by Gasteiger charge is 2.06. The van der Waals surface area contributed by atoms with E-state index in [-0.39, 0.29) is 0 Å². The molecule has 0 bridgehead atoms. The first-order valence-electron chi connectivity index (χ1n) is 7.67. The zero-order valence-electron chi connectivity index (χ0n) is 12.6. The Hall–Kier alpha value is -2.50. The van der Waals surface area contributed by atoms with E-state index in [9.17, 15) is 0 Å². The van der Waals surface area contributed by atoms with Gasteiger partial charge in [0, 0.05) is 5.39 Å². The second-order valence-electron chi connectivity index (χ2n) is 5.43. The molecule has 0 saturated carbocycles. The molecule has 1 atom stereocenters. The lowest BCUT2D eigenvalue weighted by molar-refractivity contribution is 1.48. The van der Waals surface area contributed by atoms with Gasteiger partial charge in [0.05, 0.1) is 11.0 Å². The molecule has 2 heteroatoms. The van der Waals surface area contributed by atoms with E-state index in [0.29, 0.717) is 8.58 Å². The third kappa shape index (κ3) is 3.02. The molecule has 110 valence electrons. The summed E-state index contributed by atoms with van der Waals surface area (Å²) in [6.07, 6.45) is 0. The van der Waals surface area contributed by atoms with Crippen LogP contribution in [0.4, 0.5) is 0 Å². The van der Waals surface area contributed by atoms with Crippen LogP contribution in [-0.2, 0) is 0 Å². The Kier molecular flexibility index (Phi) is 3.88. The first-order chi connectivity index (χ1) is 11.4. The normalized spacial score (nSPS) is 11.3. The Balaban J connectivity index is 1.73. The molecule has 0 spiro atoms. The molecule has 0 radical (unpaired) electrons. The monoisotopic (exact) mass is 313 g/mol. The molecule has 23 heavy (non-hydrogen) atoms.